The van der Waals surface area contributed by atoms with Gasteiger partial charge in [-0.25, -0.2) is 0 Å². The summed E-state index contributed by atoms with van der Waals surface area (Å²) in [5.74, 6) is 5.30. The highest BCUT2D eigenvalue weighted by Crippen LogP contribution is 2.20. The minimum Gasteiger partial charge on any atom is -0.0529 e. The van der Waals surface area contributed by atoms with E-state index in [2.05, 4.69) is 0 Å². The van der Waals surface area contributed by atoms with Gasteiger partial charge in [0.15, 0.2) is 34.2 Å². The zero-order valence-electron chi connectivity index (χ0n) is 5.46. The van der Waals surface area contributed by atoms with Crippen molar-refractivity contribution in [3.8, 4) is 0 Å². The Kier molecular flexibility index (Phi) is 2.65. The van der Waals surface area contributed by atoms with Crippen molar-refractivity contribution in [2.24, 2.45) is 0 Å². The lowest BCUT2D eigenvalue weighted by molar-refractivity contribution is 1.58. The van der Waals surface area contributed by atoms with E-state index in [4.69, 9.17) is 0 Å². The third-order valence-corrected chi connectivity index (χ3v) is 7.21. The van der Waals surface area contributed by atoms with Crippen LogP contribution in [0.3, 0.4) is 0 Å². The fourth-order valence-electron chi connectivity index (χ4n) is 0.856. The quantitative estimate of drug-likeness (QED) is 0.464. The third-order valence-electron chi connectivity index (χ3n) is 1.27. The maximum atomic E-state index is 2.04. The van der Waals surface area contributed by atoms with E-state index in [-0.39, 0.29) is 0 Å². The molecular formula is C6H8S4+2. The molecule has 0 aromatic heterocycles. The highest BCUT2D eigenvalue weighted by atomic mass is 32.2. The standard InChI is InChI=1S/C6H8S4/c1-2-8-5(7-1)6-9-3-4-10-6/h1-4H2/q+2. The maximum absolute atomic E-state index is 2.04. The summed E-state index contributed by atoms with van der Waals surface area (Å²) in [5, 5.41) is 0. The van der Waals surface area contributed by atoms with Crippen LogP contribution in [0.15, 0.2) is 0 Å². The van der Waals surface area contributed by atoms with Crippen molar-refractivity contribution in [1.29, 1.82) is 0 Å². The first kappa shape index (κ1) is 7.53. The van der Waals surface area contributed by atoms with Crippen molar-refractivity contribution < 1.29 is 0 Å². The molecule has 0 aliphatic carbocycles. The Morgan fingerprint density at radius 2 is 1.40 bits per heavy atom. The van der Waals surface area contributed by atoms with Gasteiger partial charge in [0.1, 0.15) is 0 Å². The lowest BCUT2D eigenvalue weighted by atomic mass is 10.9. The Hall–Kier alpha value is 0.880. The van der Waals surface area contributed by atoms with Crippen LogP contribution in [0.25, 0.3) is 0 Å². The molecule has 0 saturated heterocycles. The molecular weight excluding hydrogens is 200 g/mol. The van der Waals surface area contributed by atoms with Crippen molar-refractivity contribution in [3.63, 3.8) is 0 Å². The lowest BCUT2D eigenvalue weighted by Crippen LogP contribution is -2.01. The van der Waals surface area contributed by atoms with E-state index < -0.39 is 0 Å². The van der Waals surface area contributed by atoms with Crippen molar-refractivity contribution in [1.82, 2.24) is 0 Å². The predicted octanol–water partition coefficient (Wildman–Crippen LogP) is 0.905. The molecule has 0 atom stereocenters. The first-order chi connectivity index (χ1) is 4.97. The van der Waals surface area contributed by atoms with Crippen LogP contribution >= 0.6 is 23.5 Å². The molecule has 2 aliphatic heterocycles. The van der Waals surface area contributed by atoms with Crippen molar-refractivity contribution >= 4 is 54.6 Å². The number of thioether (sulfide) groups is 2. The maximum Gasteiger partial charge on any atom is 0.329 e. The predicted molar refractivity (Wildman–Crippen MR) is 59.4 cm³/mol. The van der Waals surface area contributed by atoms with Gasteiger partial charge in [-0.15, -0.1) is 0 Å². The number of hydrogen-bond acceptors (Lipinski definition) is 2. The van der Waals surface area contributed by atoms with Gasteiger partial charge in [0.25, 0.3) is 0 Å². The Balaban J connectivity index is 2.10. The van der Waals surface area contributed by atoms with Crippen LogP contribution in [0.5, 0.6) is 0 Å². The molecule has 0 fully saturated rings. The van der Waals surface area contributed by atoms with Crippen molar-refractivity contribution in [3.05, 3.63) is 0 Å². The lowest BCUT2D eigenvalue weighted by Gasteiger charge is -1.78. The fraction of sp³-hybridized carbons (Fsp3) is 0.667. The van der Waals surface area contributed by atoms with E-state index in [1.807, 2.05) is 46.2 Å². The first-order valence-corrected chi connectivity index (χ1v) is 7.16. The molecule has 2 heterocycles. The second-order valence-corrected chi connectivity index (χ2v) is 6.91. The van der Waals surface area contributed by atoms with E-state index in [1.165, 1.54) is 23.0 Å². The normalized spacial score (nSPS) is 24.8. The molecule has 0 nitrogen and oxygen atoms in total. The molecule has 0 aromatic carbocycles. The second kappa shape index (κ2) is 3.52. The Morgan fingerprint density at radius 3 is 1.70 bits per heavy atom. The summed E-state index contributed by atoms with van der Waals surface area (Å²) in [6.07, 6.45) is 0. The third kappa shape index (κ3) is 1.55. The van der Waals surface area contributed by atoms with E-state index in [0.29, 0.717) is 0 Å². The number of hydrogen-bond donors (Lipinski definition) is 0. The Bertz CT molecular complexity index is 172. The number of rotatable bonds is 1. The summed E-state index contributed by atoms with van der Waals surface area (Å²) in [5.41, 5.74) is 0. The smallest absolute Gasteiger partial charge is 0.0529 e. The first-order valence-electron chi connectivity index (χ1n) is 3.22. The van der Waals surface area contributed by atoms with E-state index in [1.54, 1.807) is 8.39 Å². The molecule has 0 aromatic rings. The van der Waals surface area contributed by atoms with Gasteiger partial charge in [-0.2, -0.15) is 0 Å². The summed E-state index contributed by atoms with van der Waals surface area (Å²) in [6, 6.07) is 0. The van der Waals surface area contributed by atoms with Crippen LogP contribution in [0.2, 0.25) is 0 Å². The SMILES string of the molecule is C1C[S+]=C(C2=[S+]CCS2)S1. The topological polar surface area (TPSA) is 0 Å². The largest absolute Gasteiger partial charge is 0.329 e. The zero-order chi connectivity index (χ0) is 6.81. The summed E-state index contributed by atoms with van der Waals surface area (Å²) in [6.45, 7) is 0. The van der Waals surface area contributed by atoms with Crippen LogP contribution in [0.1, 0.15) is 0 Å². The van der Waals surface area contributed by atoms with Gasteiger partial charge in [0.05, 0.1) is 11.5 Å². The second-order valence-electron chi connectivity index (χ2n) is 1.97. The monoisotopic (exact) mass is 208 g/mol. The van der Waals surface area contributed by atoms with E-state index >= 15 is 0 Å². The van der Waals surface area contributed by atoms with Gasteiger partial charge in [-0.1, -0.05) is 23.5 Å². The Morgan fingerprint density at radius 1 is 0.900 bits per heavy atom. The van der Waals surface area contributed by atoms with Crippen LogP contribution in [0.4, 0.5) is 0 Å². The average molecular weight is 208 g/mol. The summed E-state index contributed by atoms with van der Waals surface area (Å²) < 4.78 is 3.21. The van der Waals surface area contributed by atoms with Crippen LogP contribution in [-0.2, 0) is 22.7 Å². The van der Waals surface area contributed by atoms with Gasteiger partial charge in [0.2, 0.25) is 0 Å². The molecule has 2 aliphatic rings. The molecule has 0 N–H and O–H groups in total. The van der Waals surface area contributed by atoms with Gasteiger partial charge in [0, 0.05) is 0 Å². The highest BCUT2D eigenvalue weighted by molar-refractivity contribution is 8.38. The molecule has 54 valence electrons. The van der Waals surface area contributed by atoms with E-state index in [9.17, 15) is 0 Å². The highest BCUT2D eigenvalue weighted by Gasteiger charge is 2.35. The minimum atomic E-state index is 1.32. The van der Waals surface area contributed by atoms with Gasteiger partial charge in [-0.3, -0.25) is 0 Å². The molecule has 0 amide bonds. The molecule has 10 heavy (non-hydrogen) atoms. The van der Waals surface area contributed by atoms with Gasteiger partial charge >= 0.3 is 8.39 Å². The van der Waals surface area contributed by atoms with Crippen LogP contribution in [-0.4, -0.2) is 31.4 Å². The molecule has 0 radical (unpaired) electrons. The molecule has 0 unspecified atom stereocenters. The van der Waals surface area contributed by atoms with E-state index in [0.717, 1.165) is 0 Å². The molecule has 2 rings (SSSR count). The summed E-state index contributed by atoms with van der Waals surface area (Å²) in [4.78, 5) is 0. The molecule has 0 spiro atoms. The Labute approximate surface area is 77.5 Å². The van der Waals surface area contributed by atoms with Gasteiger partial charge in [-0.05, 0) is 0 Å². The van der Waals surface area contributed by atoms with Crippen LogP contribution < -0.4 is 0 Å². The molecule has 0 bridgehead atoms. The minimum absolute atomic E-state index is 1.32. The summed E-state index contributed by atoms with van der Waals surface area (Å²) in [7, 11) is 0. The van der Waals surface area contributed by atoms with Gasteiger partial charge < -0.3 is 0 Å². The van der Waals surface area contributed by atoms with Crippen molar-refractivity contribution in [2.45, 2.75) is 0 Å². The molecule has 0 saturated carbocycles. The molecule has 4 heteroatoms. The summed E-state index contributed by atoms with van der Waals surface area (Å²) >= 11 is 8.16. The zero-order valence-corrected chi connectivity index (χ0v) is 8.73. The average Bonchev–Trinajstić information content (AvgIpc) is 2.59. The fourth-order valence-corrected chi connectivity index (χ4v) is 6.48. The van der Waals surface area contributed by atoms with Crippen LogP contribution in [0, 0.1) is 0 Å². The van der Waals surface area contributed by atoms with Crippen molar-refractivity contribution in [2.75, 3.05) is 23.0 Å².